The number of hydrogen-bond acceptors (Lipinski definition) is 2. The van der Waals surface area contributed by atoms with E-state index in [1.54, 1.807) is 12.1 Å². The van der Waals surface area contributed by atoms with Gasteiger partial charge >= 0.3 is 6.18 Å². The quantitative estimate of drug-likeness (QED) is 0.725. The number of benzene rings is 1. The maximum Gasteiger partial charge on any atom is 0.391 e. The Balaban J connectivity index is 2.15. The highest BCUT2D eigenvalue weighted by atomic mass is 79.9. The van der Waals surface area contributed by atoms with E-state index in [0.717, 1.165) is 0 Å². The van der Waals surface area contributed by atoms with Crippen LogP contribution in [0.1, 0.15) is 25.7 Å². The molecule has 0 bridgehead atoms. The molecule has 1 fully saturated rings. The second kappa shape index (κ2) is 6.65. The van der Waals surface area contributed by atoms with Gasteiger partial charge in [0.2, 0.25) is 0 Å². The molecule has 0 amide bonds. The second-order valence-electron chi connectivity index (χ2n) is 5.21. The van der Waals surface area contributed by atoms with Crippen molar-refractivity contribution in [1.82, 2.24) is 0 Å². The van der Waals surface area contributed by atoms with Crippen molar-refractivity contribution in [2.24, 2.45) is 5.92 Å². The zero-order valence-electron chi connectivity index (χ0n) is 11.4. The average molecular weight is 387 g/mol. The molecule has 21 heavy (non-hydrogen) atoms. The van der Waals surface area contributed by atoms with Crippen LogP contribution in [0.4, 0.5) is 18.9 Å². The van der Waals surface area contributed by atoms with Gasteiger partial charge in [0.1, 0.15) is 0 Å². The summed E-state index contributed by atoms with van der Waals surface area (Å²) < 4.78 is 44.5. The lowest BCUT2D eigenvalue weighted by Gasteiger charge is -2.32. The molecule has 118 valence electrons. The molecule has 1 aromatic rings. The van der Waals surface area contributed by atoms with Crippen LogP contribution in [0.2, 0.25) is 5.02 Å². The Hall–Kier alpha value is -0.620. The first-order valence-electron chi connectivity index (χ1n) is 6.67. The predicted molar refractivity (Wildman–Crippen MR) is 81.1 cm³/mol. The highest BCUT2D eigenvalue weighted by Gasteiger charge is 2.42. The van der Waals surface area contributed by atoms with Crippen LogP contribution in [-0.4, -0.2) is 19.3 Å². The Morgan fingerprint density at radius 2 is 2.05 bits per heavy atom. The SMILES string of the molecule is COc1c(Br)cc(Cl)cc1NC1CCCC(C(F)(F)F)C1. The Morgan fingerprint density at radius 1 is 1.33 bits per heavy atom. The maximum absolute atomic E-state index is 12.8. The summed E-state index contributed by atoms with van der Waals surface area (Å²) >= 11 is 9.33. The molecule has 2 nitrogen and oxygen atoms in total. The van der Waals surface area contributed by atoms with Crippen molar-refractivity contribution in [2.75, 3.05) is 12.4 Å². The molecule has 0 heterocycles. The third-order valence-electron chi connectivity index (χ3n) is 3.71. The van der Waals surface area contributed by atoms with E-state index in [0.29, 0.717) is 33.8 Å². The Kier molecular flexibility index (Phi) is 5.30. The first-order chi connectivity index (χ1) is 9.81. The normalized spacial score (nSPS) is 23.0. The highest BCUT2D eigenvalue weighted by molar-refractivity contribution is 9.10. The van der Waals surface area contributed by atoms with E-state index < -0.39 is 12.1 Å². The minimum atomic E-state index is -4.13. The Labute approximate surface area is 135 Å². The minimum Gasteiger partial charge on any atom is -0.493 e. The van der Waals surface area contributed by atoms with Crippen molar-refractivity contribution >= 4 is 33.2 Å². The molecule has 0 aliphatic heterocycles. The lowest BCUT2D eigenvalue weighted by atomic mass is 9.85. The van der Waals surface area contributed by atoms with Gasteiger partial charge in [0.25, 0.3) is 0 Å². The van der Waals surface area contributed by atoms with Gasteiger partial charge in [-0.2, -0.15) is 13.2 Å². The average Bonchev–Trinajstić information content (AvgIpc) is 2.37. The van der Waals surface area contributed by atoms with Crippen molar-refractivity contribution in [3.05, 3.63) is 21.6 Å². The number of ether oxygens (including phenoxy) is 1. The fourth-order valence-electron chi connectivity index (χ4n) is 2.71. The number of nitrogens with one attached hydrogen (secondary N) is 1. The maximum atomic E-state index is 12.8. The Bertz CT molecular complexity index is 510. The largest absolute Gasteiger partial charge is 0.493 e. The van der Waals surface area contributed by atoms with Crippen LogP contribution in [-0.2, 0) is 0 Å². The number of alkyl halides is 3. The molecule has 1 aromatic carbocycles. The molecule has 1 N–H and O–H groups in total. The van der Waals surface area contributed by atoms with Crippen molar-refractivity contribution in [1.29, 1.82) is 0 Å². The summed E-state index contributed by atoms with van der Waals surface area (Å²) in [4.78, 5) is 0. The lowest BCUT2D eigenvalue weighted by molar-refractivity contribution is -0.182. The van der Waals surface area contributed by atoms with Crippen LogP contribution in [0.5, 0.6) is 5.75 Å². The van der Waals surface area contributed by atoms with Gasteiger partial charge in [-0.15, -0.1) is 0 Å². The number of halogens is 5. The summed E-state index contributed by atoms with van der Waals surface area (Å²) in [6.07, 6.45) is -2.57. The number of methoxy groups -OCH3 is 1. The first-order valence-corrected chi connectivity index (χ1v) is 7.84. The van der Waals surface area contributed by atoms with Crippen LogP contribution in [0.15, 0.2) is 16.6 Å². The van der Waals surface area contributed by atoms with Crippen LogP contribution < -0.4 is 10.1 Å². The van der Waals surface area contributed by atoms with Crippen molar-refractivity contribution in [2.45, 2.75) is 37.9 Å². The molecule has 0 aromatic heterocycles. The van der Waals surface area contributed by atoms with E-state index in [2.05, 4.69) is 21.2 Å². The van der Waals surface area contributed by atoms with Crippen LogP contribution >= 0.6 is 27.5 Å². The van der Waals surface area contributed by atoms with Crippen LogP contribution in [0, 0.1) is 5.92 Å². The van der Waals surface area contributed by atoms with E-state index in [9.17, 15) is 13.2 Å². The molecule has 2 atom stereocenters. The minimum absolute atomic E-state index is 0.0801. The molecule has 0 saturated heterocycles. The van der Waals surface area contributed by atoms with Gasteiger partial charge in [-0.05, 0) is 47.3 Å². The summed E-state index contributed by atoms with van der Waals surface area (Å²) in [6, 6.07) is 3.12. The summed E-state index contributed by atoms with van der Waals surface area (Å²) in [5, 5.41) is 3.64. The number of anilines is 1. The predicted octanol–water partition coefficient (Wildman–Crippen LogP) is 5.64. The van der Waals surface area contributed by atoms with Gasteiger partial charge < -0.3 is 10.1 Å². The second-order valence-corrected chi connectivity index (χ2v) is 6.51. The molecule has 2 unspecified atom stereocenters. The van der Waals surface area contributed by atoms with E-state index >= 15 is 0 Å². The zero-order valence-corrected chi connectivity index (χ0v) is 13.8. The molecule has 7 heteroatoms. The van der Waals surface area contributed by atoms with Gasteiger partial charge in [-0.1, -0.05) is 18.0 Å². The molecule has 0 radical (unpaired) electrons. The Morgan fingerprint density at radius 3 is 2.67 bits per heavy atom. The highest BCUT2D eigenvalue weighted by Crippen LogP contribution is 2.41. The summed E-state index contributed by atoms with van der Waals surface area (Å²) in [5.74, 6) is -0.689. The third kappa shape index (κ3) is 4.19. The van der Waals surface area contributed by atoms with E-state index in [-0.39, 0.29) is 18.9 Å². The van der Waals surface area contributed by atoms with Crippen LogP contribution in [0.25, 0.3) is 0 Å². The smallest absolute Gasteiger partial charge is 0.391 e. The molecule has 1 saturated carbocycles. The number of rotatable bonds is 3. The third-order valence-corrected chi connectivity index (χ3v) is 4.52. The summed E-state index contributed by atoms with van der Waals surface area (Å²) in [7, 11) is 1.51. The van der Waals surface area contributed by atoms with E-state index in [1.165, 1.54) is 7.11 Å². The molecule has 2 rings (SSSR count). The summed E-state index contributed by atoms with van der Waals surface area (Å²) in [6.45, 7) is 0. The zero-order chi connectivity index (χ0) is 15.6. The number of hydrogen-bond donors (Lipinski definition) is 1. The van der Waals surface area contributed by atoms with Crippen LogP contribution in [0.3, 0.4) is 0 Å². The van der Waals surface area contributed by atoms with E-state index in [1.807, 2.05) is 0 Å². The molecular weight excluding hydrogens is 371 g/mol. The van der Waals surface area contributed by atoms with Gasteiger partial charge in [0.05, 0.1) is 23.2 Å². The molecular formula is C14H16BrClF3NO. The van der Waals surface area contributed by atoms with Gasteiger partial charge in [-0.3, -0.25) is 0 Å². The summed E-state index contributed by atoms with van der Waals surface area (Å²) in [5.41, 5.74) is 0.615. The van der Waals surface area contributed by atoms with Gasteiger partial charge in [0, 0.05) is 11.1 Å². The van der Waals surface area contributed by atoms with Crippen molar-refractivity contribution < 1.29 is 17.9 Å². The topological polar surface area (TPSA) is 21.3 Å². The molecule has 0 spiro atoms. The monoisotopic (exact) mass is 385 g/mol. The van der Waals surface area contributed by atoms with Crippen molar-refractivity contribution in [3.63, 3.8) is 0 Å². The molecule has 1 aliphatic carbocycles. The lowest BCUT2D eigenvalue weighted by Crippen LogP contribution is -2.34. The standard InChI is InChI=1S/C14H16BrClF3NO/c1-21-13-11(15)6-9(16)7-12(13)20-10-4-2-3-8(5-10)14(17,18)19/h6-8,10,20H,2-5H2,1H3. The van der Waals surface area contributed by atoms with E-state index in [4.69, 9.17) is 16.3 Å². The fourth-order valence-corrected chi connectivity index (χ4v) is 3.69. The van der Waals surface area contributed by atoms with Crippen molar-refractivity contribution in [3.8, 4) is 5.75 Å². The van der Waals surface area contributed by atoms with Gasteiger partial charge in [-0.25, -0.2) is 0 Å². The first kappa shape index (κ1) is 16.7. The molecule has 1 aliphatic rings. The fraction of sp³-hybridized carbons (Fsp3) is 0.571. The van der Waals surface area contributed by atoms with Gasteiger partial charge in [0.15, 0.2) is 5.75 Å².